The first-order chi connectivity index (χ1) is 14.9. The summed E-state index contributed by atoms with van der Waals surface area (Å²) in [4.78, 5) is 12.6. The third kappa shape index (κ3) is 4.93. The van der Waals surface area contributed by atoms with Crippen LogP contribution in [-0.2, 0) is 21.4 Å². The van der Waals surface area contributed by atoms with Crippen LogP contribution in [0.4, 0.5) is 5.69 Å². The fourth-order valence-corrected chi connectivity index (χ4v) is 4.79. The molecule has 11 heteroatoms. The molecule has 8 nitrogen and oxygen atoms in total. The van der Waals surface area contributed by atoms with Crippen molar-refractivity contribution in [2.24, 2.45) is 0 Å². The summed E-state index contributed by atoms with van der Waals surface area (Å²) in [5.41, 5.74) is 0.830. The molecule has 0 radical (unpaired) electrons. The molecule has 0 bridgehead atoms. The number of hydrogen-bond donors (Lipinski definition) is 1. The summed E-state index contributed by atoms with van der Waals surface area (Å²) in [5, 5.41) is 10.0. The predicted molar refractivity (Wildman–Crippen MR) is 115 cm³/mol. The summed E-state index contributed by atoms with van der Waals surface area (Å²) >= 11 is 6.93. The molecule has 158 valence electrons. The third-order valence-electron chi connectivity index (χ3n) is 4.04. The number of thiophene rings is 1. The molecule has 0 aliphatic heterocycles. The Morgan fingerprint density at radius 1 is 1.06 bits per heavy atom. The maximum atomic E-state index is 12.6. The number of rotatable bonds is 7. The van der Waals surface area contributed by atoms with E-state index in [9.17, 15) is 13.2 Å². The number of anilines is 1. The van der Waals surface area contributed by atoms with Gasteiger partial charge in [0.25, 0.3) is 15.9 Å². The van der Waals surface area contributed by atoms with Gasteiger partial charge in [0.1, 0.15) is 4.21 Å². The Hall–Kier alpha value is -3.21. The summed E-state index contributed by atoms with van der Waals surface area (Å²) in [7, 11) is -3.81. The van der Waals surface area contributed by atoms with E-state index in [0.717, 1.165) is 11.3 Å². The van der Waals surface area contributed by atoms with E-state index < -0.39 is 16.0 Å². The number of aromatic nitrogens is 2. The molecule has 31 heavy (non-hydrogen) atoms. The van der Waals surface area contributed by atoms with Gasteiger partial charge in [-0.05, 0) is 47.8 Å². The Morgan fingerprint density at radius 3 is 2.58 bits per heavy atom. The quantitative estimate of drug-likeness (QED) is 0.388. The van der Waals surface area contributed by atoms with Crippen molar-refractivity contribution in [3.63, 3.8) is 0 Å². The Bertz CT molecular complexity index is 1300. The van der Waals surface area contributed by atoms with Gasteiger partial charge in [-0.2, -0.15) is 0 Å². The molecule has 1 N–H and O–H groups in total. The summed E-state index contributed by atoms with van der Waals surface area (Å²) < 4.78 is 38.3. The first kappa shape index (κ1) is 21.0. The number of hydrogen-bond acceptors (Lipinski definition) is 8. The average Bonchev–Trinajstić information content (AvgIpc) is 3.45. The van der Waals surface area contributed by atoms with E-state index in [2.05, 4.69) is 14.9 Å². The van der Waals surface area contributed by atoms with Crippen LogP contribution >= 0.6 is 22.9 Å². The van der Waals surface area contributed by atoms with E-state index in [1.807, 2.05) is 0 Å². The number of halogens is 1. The van der Waals surface area contributed by atoms with Crippen LogP contribution in [0.25, 0.3) is 11.5 Å². The molecule has 0 saturated carbocycles. The third-order valence-corrected chi connectivity index (χ3v) is 7.05. The second-order valence-electron chi connectivity index (χ2n) is 6.17. The summed E-state index contributed by atoms with van der Waals surface area (Å²) in [6, 6.07) is 16.1. The lowest BCUT2D eigenvalue weighted by molar-refractivity contribution is 0.0440. The monoisotopic (exact) mass is 475 g/mol. The van der Waals surface area contributed by atoms with Crippen LogP contribution in [0.15, 0.2) is 74.7 Å². The summed E-state index contributed by atoms with van der Waals surface area (Å²) in [6.07, 6.45) is 0. The van der Waals surface area contributed by atoms with Crippen LogP contribution in [0.5, 0.6) is 0 Å². The number of carbonyl (C=O) groups excluding carboxylic acids is 1. The maximum absolute atomic E-state index is 12.6. The fourth-order valence-electron chi connectivity index (χ4n) is 2.59. The lowest BCUT2D eigenvalue weighted by atomic mass is 10.2. The number of nitrogens with one attached hydrogen (secondary N) is 1. The first-order valence-corrected chi connectivity index (χ1v) is 11.6. The van der Waals surface area contributed by atoms with Gasteiger partial charge in [-0.3, -0.25) is 4.72 Å². The zero-order valence-corrected chi connectivity index (χ0v) is 18.1. The molecule has 4 rings (SSSR count). The highest BCUT2D eigenvalue weighted by atomic mass is 35.5. The van der Waals surface area contributed by atoms with Crippen molar-refractivity contribution < 1.29 is 22.4 Å². The SMILES string of the molecule is O=C(OCc1nnc(-c2ccc(Cl)cc2)o1)c1ccccc1NS(=O)(=O)c1cccs1. The van der Waals surface area contributed by atoms with Gasteiger partial charge in [-0.1, -0.05) is 29.8 Å². The van der Waals surface area contributed by atoms with Crippen molar-refractivity contribution in [2.45, 2.75) is 10.8 Å². The maximum Gasteiger partial charge on any atom is 0.340 e. The highest BCUT2D eigenvalue weighted by Crippen LogP contribution is 2.24. The normalized spacial score (nSPS) is 11.3. The minimum Gasteiger partial charge on any atom is -0.452 e. The minimum absolute atomic E-state index is 0.0556. The number of esters is 1. The molecule has 2 aromatic carbocycles. The molecule has 0 amide bonds. The van der Waals surface area contributed by atoms with Crippen LogP contribution in [0.3, 0.4) is 0 Å². The highest BCUT2D eigenvalue weighted by molar-refractivity contribution is 7.94. The van der Waals surface area contributed by atoms with Crippen LogP contribution < -0.4 is 4.72 Å². The second kappa shape index (κ2) is 8.88. The summed E-state index contributed by atoms with van der Waals surface area (Å²) in [5.74, 6) is -0.391. The average molecular weight is 476 g/mol. The Balaban J connectivity index is 1.46. The standard InChI is InChI=1S/C20H14ClN3O5S2/c21-14-9-7-13(8-10-14)19-23-22-17(29-19)12-28-20(25)15-4-1-2-5-16(15)24-31(26,27)18-6-3-11-30-18/h1-11,24H,12H2. The zero-order valence-electron chi connectivity index (χ0n) is 15.7. The fraction of sp³-hybridized carbons (Fsp3) is 0.0500. The van der Waals surface area contributed by atoms with Gasteiger partial charge >= 0.3 is 5.97 Å². The lowest BCUT2D eigenvalue weighted by Gasteiger charge is -2.11. The summed E-state index contributed by atoms with van der Waals surface area (Å²) in [6.45, 7) is -0.272. The van der Waals surface area contributed by atoms with Crippen LogP contribution in [0.2, 0.25) is 5.02 Å². The van der Waals surface area contributed by atoms with Gasteiger partial charge in [-0.15, -0.1) is 21.5 Å². The number of para-hydroxylation sites is 1. The first-order valence-electron chi connectivity index (χ1n) is 8.83. The smallest absolute Gasteiger partial charge is 0.340 e. The van der Waals surface area contributed by atoms with E-state index in [1.165, 1.54) is 18.2 Å². The van der Waals surface area contributed by atoms with Gasteiger partial charge in [0.15, 0.2) is 6.61 Å². The van der Waals surface area contributed by atoms with Gasteiger partial charge in [0.2, 0.25) is 5.89 Å². The Labute approximate surface area is 186 Å². The van der Waals surface area contributed by atoms with Crippen molar-refractivity contribution in [2.75, 3.05) is 4.72 Å². The topological polar surface area (TPSA) is 111 Å². The molecular weight excluding hydrogens is 462 g/mol. The molecule has 0 saturated heterocycles. The molecule has 0 fully saturated rings. The molecule has 2 aromatic heterocycles. The number of nitrogens with zero attached hydrogens (tertiary/aromatic N) is 2. The van der Waals surface area contributed by atoms with Crippen LogP contribution in [0.1, 0.15) is 16.2 Å². The van der Waals surface area contributed by atoms with Crippen molar-refractivity contribution in [3.8, 4) is 11.5 Å². The van der Waals surface area contributed by atoms with Crippen molar-refractivity contribution >= 4 is 44.6 Å². The second-order valence-corrected chi connectivity index (χ2v) is 9.46. The number of carbonyl (C=O) groups is 1. The zero-order chi connectivity index (χ0) is 21.8. The van der Waals surface area contributed by atoms with E-state index in [-0.39, 0.29) is 33.8 Å². The molecule has 0 unspecified atom stereocenters. The molecule has 0 aliphatic rings. The van der Waals surface area contributed by atoms with Gasteiger partial charge < -0.3 is 9.15 Å². The number of ether oxygens (including phenoxy) is 1. The Kier molecular flexibility index (Phi) is 6.03. The molecular formula is C20H14ClN3O5S2. The van der Waals surface area contributed by atoms with E-state index >= 15 is 0 Å². The van der Waals surface area contributed by atoms with E-state index in [0.29, 0.717) is 10.6 Å². The van der Waals surface area contributed by atoms with Gasteiger partial charge in [0.05, 0.1) is 11.3 Å². The lowest BCUT2D eigenvalue weighted by Crippen LogP contribution is -2.15. The number of sulfonamides is 1. The molecule has 0 aliphatic carbocycles. The predicted octanol–water partition coefficient (Wildman–Crippen LogP) is 4.61. The number of benzene rings is 2. The van der Waals surface area contributed by atoms with Gasteiger partial charge in [-0.25, -0.2) is 13.2 Å². The molecule has 0 spiro atoms. The van der Waals surface area contributed by atoms with E-state index in [1.54, 1.807) is 47.8 Å². The van der Waals surface area contributed by atoms with Gasteiger partial charge in [0, 0.05) is 10.6 Å². The Morgan fingerprint density at radius 2 is 1.84 bits per heavy atom. The van der Waals surface area contributed by atoms with Crippen LogP contribution in [0, 0.1) is 0 Å². The highest BCUT2D eigenvalue weighted by Gasteiger charge is 2.20. The minimum atomic E-state index is -3.81. The van der Waals surface area contributed by atoms with Crippen molar-refractivity contribution in [3.05, 3.63) is 82.5 Å². The van der Waals surface area contributed by atoms with Crippen molar-refractivity contribution in [1.29, 1.82) is 0 Å². The van der Waals surface area contributed by atoms with Crippen molar-refractivity contribution in [1.82, 2.24) is 10.2 Å². The molecule has 0 atom stereocenters. The largest absolute Gasteiger partial charge is 0.452 e. The molecule has 4 aromatic rings. The molecule has 2 heterocycles. The van der Waals surface area contributed by atoms with E-state index in [4.69, 9.17) is 20.8 Å². The van der Waals surface area contributed by atoms with Crippen LogP contribution in [-0.4, -0.2) is 24.6 Å².